The van der Waals surface area contributed by atoms with Crippen LogP contribution in [0.1, 0.15) is 79.3 Å². The molecular weight excluding hydrogens is 393 g/mol. The van der Waals surface area contributed by atoms with Crippen LogP contribution >= 0.6 is 0 Å². The van der Waals surface area contributed by atoms with Gasteiger partial charge in [-0.2, -0.15) is 5.26 Å². The van der Waals surface area contributed by atoms with Gasteiger partial charge in [0.15, 0.2) is 0 Å². The van der Waals surface area contributed by atoms with Crippen molar-refractivity contribution in [3.8, 4) is 17.2 Å². The minimum absolute atomic E-state index is 0.0491. The Balaban J connectivity index is 1.71. The third kappa shape index (κ3) is 5.92. The fraction of sp³-hybridized carbons (Fsp3) is 0.462. The third-order valence-electron chi connectivity index (χ3n) is 6.24. The lowest BCUT2D eigenvalue weighted by Crippen LogP contribution is -2.18. The summed E-state index contributed by atoms with van der Waals surface area (Å²) in [7, 11) is 0. The molecule has 0 heterocycles. The van der Waals surface area contributed by atoms with Crippen molar-refractivity contribution in [2.24, 2.45) is 5.92 Å². The third-order valence-corrected chi connectivity index (χ3v) is 6.24. The minimum atomic E-state index is -1.05. The van der Waals surface area contributed by atoms with E-state index >= 15 is 0 Å². The number of nitriles is 1. The summed E-state index contributed by atoms with van der Waals surface area (Å²) < 4.78 is 20.0. The van der Waals surface area contributed by atoms with Gasteiger partial charge < -0.3 is 9.84 Å². The lowest BCUT2D eigenvalue weighted by atomic mass is 9.78. The second-order valence-corrected chi connectivity index (χ2v) is 8.42. The van der Waals surface area contributed by atoms with E-state index in [0.29, 0.717) is 23.0 Å². The van der Waals surface area contributed by atoms with E-state index in [0.717, 1.165) is 50.9 Å². The Hall–Kier alpha value is -2.71. The summed E-state index contributed by atoms with van der Waals surface area (Å²) in [6.07, 6.45) is 7.81. The molecule has 164 valence electrons. The number of rotatable bonds is 9. The SMILES string of the molecule is CCCCCOC[C@H]1CC[C@H](c2ccc(C(=O)O)c(-c3ccc(C#N)c(F)c3)c2)CC1. The first-order valence-corrected chi connectivity index (χ1v) is 11.2. The molecule has 4 nitrogen and oxygen atoms in total. The molecule has 0 unspecified atom stereocenters. The predicted octanol–water partition coefficient (Wildman–Crippen LogP) is 6.54. The highest BCUT2D eigenvalue weighted by molar-refractivity contribution is 5.96. The van der Waals surface area contributed by atoms with Crippen LogP contribution < -0.4 is 0 Å². The molecule has 0 aromatic heterocycles. The maximum Gasteiger partial charge on any atom is 0.336 e. The normalized spacial score (nSPS) is 18.5. The number of unbranched alkanes of at least 4 members (excludes halogenated alkanes) is 2. The van der Waals surface area contributed by atoms with Gasteiger partial charge in [0.2, 0.25) is 0 Å². The number of hydrogen-bond donors (Lipinski definition) is 1. The first kappa shape index (κ1) is 23.0. The molecule has 1 fully saturated rings. The molecule has 0 atom stereocenters. The Morgan fingerprint density at radius 1 is 1.16 bits per heavy atom. The molecule has 5 heteroatoms. The smallest absolute Gasteiger partial charge is 0.336 e. The van der Waals surface area contributed by atoms with Crippen molar-refractivity contribution < 1.29 is 19.0 Å². The second kappa shape index (κ2) is 11.1. The molecular formula is C26H30FNO3. The second-order valence-electron chi connectivity index (χ2n) is 8.42. The number of aromatic carboxylic acids is 1. The van der Waals surface area contributed by atoms with E-state index in [1.165, 1.54) is 25.0 Å². The summed E-state index contributed by atoms with van der Waals surface area (Å²) in [5.74, 6) is -0.735. The Kier molecular flexibility index (Phi) is 8.20. The van der Waals surface area contributed by atoms with Gasteiger partial charge >= 0.3 is 5.97 Å². The monoisotopic (exact) mass is 423 g/mol. The lowest BCUT2D eigenvalue weighted by Gasteiger charge is -2.29. The molecule has 0 aliphatic heterocycles. The summed E-state index contributed by atoms with van der Waals surface area (Å²) >= 11 is 0. The Bertz CT molecular complexity index is 942. The van der Waals surface area contributed by atoms with Gasteiger partial charge in [-0.05, 0) is 78.8 Å². The van der Waals surface area contributed by atoms with Crippen LogP contribution in [-0.2, 0) is 4.74 Å². The quantitative estimate of drug-likeness (QED) is 0.465. The van der Waals surface area contributed by atoms with Crippen LogP contribution in [0, 0.1) is 23.1 Å². The van der Waals surface area contributed by atoms with Crippen molar-refractivity contribution in [2.75, 3.05) is 13.2 Å². The zero-order chi connectivity index (χ0) is 22.2. The molecule has 0 spiro atoms. The summed E-state index contributed by atoms with van der Waals surface area (Å²) in [5.41, 5.74) is 2.15. The molecule has 1 aliphatic rings. The number of ether oxygens (including phenoxy) is 1. The zero-order valence-electron chi connectivity index (χ0n) is 18.1. The maximum atomic E-state index is 14.2. The van der Waals surface area contributed by atoms with E-state index in [9.17, 15) is 14.3 Å². The summed E-state index contributed by atoms with van der Waals surface area (Å²) in [6.45, 7) is 3.85. The number of carboxylic acid groups (broad SMARTS) is 1. The highest BCUT2D eigenvalue weighted by Gasteiger charge is 2.24. The van der Waals surface area contributed by atoms with Gasteiger partial charge in [-0.15, -0.1) is 0 Å². The fourth-order valence-corrected chi connectivity index (χ4v) is 4.38. The molecule has 31 heavy (non-hydrogen) atoms. The topological polar surface area (TPSA) is 70.3 Å². The number of benzene rings is 2. The molecule has 2 aromatic rings. The standard InChI is InChI=1S/C26H30FNO3/c1-2-3-4-13-31-17-18-5-7-19(8-6-18)20-11-12-23(26(29)30)24(14-20)21-9-10-22(16-28)25(27)15-21/h9-12,14-15,18-19H,2-8,13,17H2,1H3,(H,29,30)/t18-,19-. The molecule has 3 rings (SSSR count). The number of nitrogens with zero attached hydrogens (tertiary/aromatic N) is 1. The van der Waals surface area contributed by atoms with Crippen molar-refractivity contribution in [3.63, 3.8) is 0 Å². The number of carbonyl (C=O) groups is 1. The van der Waals surface area contributed by atoms with E-state index in [2.05, 4.69) is 6.92 Å². The van der Waals surface area contributed by atoms with E-state index in [1.807, 2.05) is 12.1 Å². The molecule has 0 amide bonds. The van der Waals surface area contributed by atoms with E-state index in [-0.39, 0.29) is 11.1 Å². The zero-order valence-corrected chi connectivity index (χ0v) is 18.1. The van der Waals surface area contributed by atoms with Gasteiger partial charge in [0, 0.05) is 13.2 Å². The molecule has 1 saturated carbocycles. The van der Waals surface area contributed by atoms with Crippen LogP contribution in [-0.4, -0.2) is 24.3 Å². The van der Waals surface area contributed by atoms with Gasteiger partial charge in [0.25, 0.3) is 0 Å². The van der Waals surface area contributed by atoms with Crippen molar-refractivity contribution in [1.29, 1.82) is 5.26 Å². The molecule has 2 aromatic carbocycles. The highest BCUT2D eigenvalue weighted by atomic mass is 19.1. The van der Waals surface area contributed by atoms with Crippen LogP contribution in [0.2, 0.25) is 0 Å². The molecule has 1 N–H and O–H groups in total. The molecule has 1 aliphatic carbocycles. The summed E-state index contributed by atoms with van der Waals surface area (Å²) in [4.78, 5) is 11.7. The Morgan fingerprint density at radius 2 is 1.94 bits per heavy atom. The van der Waals surface area contributed by atoms with Gasteiger partial charge in [-0.3, -0.25) is 0 Å². The first-order chi connectivity index (χ1) is 15.0. The van der Waals surface area contributed by atoms with E-state index in [4.69, 9.17) is 10.00 Å². The molecule has 0 bridgehead atoms. The lowest BCUT2D eigenvalue weighted by molar-refractivity contribution is 0.0697. The Morgan fingerprint density at radius 3 is 2.58 bits per heavy atom. The number of carboxylic acids is 1. The van der Waals surface area contributed by atoms with Gasteiger partial charge in [-0.25, -0.2) is 9.18 Å². The van der Waals surface area contributed by atoms with Crippen molar-refractivity contribution in [3.05, 3.63) is 58.9 Å². The van der Waals surface area contributed by atoms with Crippen molar-refractivity contribution in [2.45, 2.75) is 57.8 Å². The van der Waals surface area contributed by atoms with Crippen LogP contribution in [0.4, 0.5) is 4.39 Å². The van der Waals surface area contributed by atoms with Gasteiger partial charge in [0.05, 0.1) is 11.1 Å². The van der Waals surface area contributed by atoms with Gasteiger partial charge in [-0.1, -0.05) is 38.0 Å². The molecule has 0 radical (unpaired) electrons. The number of hydrogen-bond acceptors (Lipinski definition) is 3. The summed E-state index contributed by atoms with van der Waals surface area (Å²) in [5, 5.41) is 18.6. The van der Waals surface area contributed by atoms with Gasteiger partial charge in [0.1, 0.15) is 11.9 Å². The fourth-order valence-electron chi connectivity index (χ4n) is 4.38. The predicted molar refractivity (Wildman–Crippen MR) is 119 cm³/mol. The number of halogens is 1. The summed E-state index contributed by atoms with van der Waals surface area (Å²) in [6, 6.07) is 11.4. The average molecular weight is 424 g/mol. The van der Waals surface area contributed by atoms with Crippen LogP contribution in [0.5, 0.6) is 0 Å². The van der Waals surface area contributed by atoms with E-state index in [1.54, 1.807) is 18.2 Å². The maximum absolute atomic E-state index is 14.2. The largest absolute Gasteiger partial charge is 0.478 e. The first-order valence-electron chi connectivity index (χ1n) is 11.2. The average Bonchev–Trinajstić information content (AvgIpc) is 2.79. The molecule has 0 saturated heterocycles. The highest BCUT2D eigenvalue weighted by Crippen LogP contribution is 2.38. The van der Waals surface area contributed by atoms with Crippen LogP contribution in [0.3, 0.4) is 0 Å². The van der Waals surface area contributed by atoms with Crippen LogP contribution in [0.15, 0.2) is 36.4 Å². The Labute approximate surface area is 183 Å². The van der Waals surface area contributed by atoms with E-state index < -0.39 is 11.8 Å². The van der Waals surface area contributed by atoms with Crippen molar-refractivity contribution >= 4 is 5.97 Å². The van der Waals surface area contributed by atoms with Crippen molar-refractivity contribution in [1.82, 2.24) is 0 Å². The van der Waals surface area contributed by atoms with Crippen LogP contribution in [0.25, 0.3) is 11.1 Å². The minimum Gasteiger partial charge on any atom is -0.478 e.